The van der Waals surface area contributed by atoms with Crippen molar-refractivity contribution in [3.8, 4) is 0 Å². The molecule has 1 fully saturated rings. The molecule has 0 spiro atoms. The first-order valence-electron chi connectivity index (χ1n) is 9.25. The highest BCUT2D eigenvalue weighted by molar-refractivity contribution is 7.92. The minimum absolute atomic E-state index is 0.281. The number of ketones is 1. The van der Waals surface area contributed by atoms with Crippen molar-refractivity contribution < 1.29 is 27.1 Å². The zero-order valence-electron chi connectivity index (χ0n) is 16.0. The molecule has 2 aromatic carbocycles. The number of esters is 1. The lowest BCUT2D eigenvalue weighted by Crippen LogP contribution is -2.36. The first kappa shape index (κ1) is 21.0. The molecule has 0 amide bonds. The van der Waals surface area contributed by atoms with Crippen LogP contribution in [-0.2, 0) is 25.0 Å². The van der Waals surface area contributed by atoms with Crippen molar-refractivity contribution in [2.75, 3.05) is 17.6 Å². The van der Waals surface area contributed by atoms with Gasteiger partial charge in [-0.15, -0.1) is 0 Å². The summed E-state index contributed by atoms with van der Waals surface area (Å²) in [5, 5.41) is 0. The van der Waals surface area contributed by atoms with E-state index in [1.54, 1.807) is 18.2 Å². The Bertz CT molecular complexity index is 1010. The van der Waals surface area contributed by atoms with Crippen LogP contribution in [0, 0.1) is 5.82 Å². The monoisotopic (exact) mass is 419 g/mol. The van der Waals surface area contributed by atoms with Gasteiger partial charge in [0.2, 0.25) is 10.0 Å². The van der Waals surface area contributed by atoms with E-state index in [0.717, 1.165) is 19.1 Å². The Hall–Kier alpha value is -2.74. The van der Waals surface area contributed by atoms with E-state index in [0.29, 0.717) is 24.1 Å². The quantitative estimate of drug-likeness (QED) is 0.549. The highest BCUT2D eigenvalue weighted by Crippen LogP contribution is 2.43. The maximum atomic E-state index is 14.3. The predicted molar refractivity (Wildman–Crippen MR) is 107 cm³/mol. The molecule has 1 N–H and O–H groups in total. The number of halogens is 1. The van der Waals surface area contributed by atoms with Crippen LogP contribution < -0.4 is 4.72 Å². The van der Waals surface area contributed by atoms with Gasteiger partial charge in [-0.25, -0.2) is 12.8 Å². The van der Waals surface area contributed by atoms with E-state index in [4.69, 9.17) is 4.74 Å². The second-order valence-corrected chi connectivity index (χ2v) is 8.97. The predicted octanol–water partition coefficient (Wildman–Crippen LogP) is 3.44. The Morgan fingerprint density at radius 1 is 1.07 bits per heavy atom. The Balaban J connectivity index is 1.69. The molecule has 1 aliphatic carbocycles. The van der Waals surface area contributed by atoms with Crippen LogP contribution in [0.15, 0.2) is 48.5 Å². The van der Waals surface area contributed by atoms with Gasteiger partial charge in [0, 0.05) is 16.8 Å². The summed E-state index contributed by atoms with van der Waals surface area (Å²) < 4.78 is 44.4. The molecule has 0 bridgehead atoms. The normalized spacial score (nSPS) is 15.7. The zero-order valence-corrected chi connectivity index (χ0v) is 16.8. The van der Waals surface area contributed by atoms with Crippen molar-refractivity contribution >= 4 is 27.5 Å². The van der Waals surface area contributed by atoms with Crippen LogP contribution in [0.1, 0.15) is 41.6 Å². The average Bonchev–Trinajstić information content (AvgIpc) is 3.16. The summed E-state index contributed by atoms with van der Waals surface area (Å²) in [6.07, 6.45) is 3.55. The van der Waals surface area contributed by atoms with Crippen LogP contribution >= 0.6 is 0 Å². The van der Waals surface area contributed by atoms with E-state index >= 15 is 0 Å². The van der Waals surface area contributed by atoms with E-state index in [9.17, 15) is 22.4 Å². The van der Waals surface area contributed by atoms with Crippen molar-refractivity contribution in [3.05, 3.63) is 65.5 Å². The molecule has 0 saturated heterocycles. The molecule has 29 heavy (non-hydrogen) atoms. The van der Waals surface area contributed by atoms with Crippen LogP contribution in [0.4, 0.5) is 10.1 Å². The number of sulfonamides is 1. The summed E-state index contributed by atoms with van der Waals surface area (Å²) in [7, 11) is -3.41. The number of nitrogens with one attached hydrogen (secondary N) is 1. The van der Waals surface area contributed by atoms with Crippen molar-refractivity contribution in [3.63, 3.8) is 0 Å². The highest BCUT2D eigenvalue weighted by Gasteiger charge is 2.45. The molecule has 0 atom stereocenters. The lowest BCUT2D eigenvalue weighted by Gasteiger charge is -2.27. The molecular formula is C21H22FNO5S. The molecule has 0 aromatic heterocycles. The third-order valence-corrected chi connectivity index (χ3v) is 5.69. The topological polar surface area (TPSA) is 89.5 Å². The van der Waals surface area contributed by atoms with Gasteiger partial charge in [0.1, 0.15) is 5.82 Å². The van der Waals surface area contributed by atoms with Crippen molar-refractivity contribution in [2.24, 2.45) is 0 Å². The van der Waals surface area contributed by atoms with E-state index in [-0.39, 0.29) is 5.56 Å². The molecule has 0 radical (unpaired) electrons. The minimum Gasteiger partial charge on any atom is -0.457 e. The summed E-state index contributed by atoms with van der Waals surface area (Å²) in [5.41, 5.74) is -0.144. The van der Waals surface area contributed by atoms with Gasteiger partial charge in [0.05, 0.1) is 11.7 Å². The van der Waals surface area contributed by atoms with Gasteiger partial charge >= 0.3 is 5.97 Å². The number of hydrogen-bond acceptors (Lipinski definition) is 5. The number of ether oxygens (including phenoxy) is 1. The SMILES string of the molecule is CS(=O)(=O)Nc1ccc(C(=O)COC(=O)C2(c3ccccc3F)CCCC2)cc1. The van der Waals surface area contributed by atoms with Crippen molar-refractivity contribution in [2.45, 2.75) is 31.1 Å². The Morgan fingerprint density at radius 2 is 1.69 bits per heavy atom. The highest BCUT2D eigenvalue weighted by atomic mass is 32.2. The number of benzene rings is 2. The fourth-order valence-electron chi connectivity index (χ4n) is 3.70. The molecule has 0 unspecified atom stereocenters. The lowest BCUT2D eigenvalue weighted by molar-refractivity contribution is -0.149. The first-order valence-corrected chi connectivity index (χ1v) is 11.1. The molecule has 0 aliphatic heterocycles. The number of rotatable bonds is 7. The van der Waals surface area contributed by atoms with Gasteiger partial charge in [0.25, 0.3) is 0 Å². The lowest BCUT2D eigenvalue weighted by atomic mass is 9.78. The van der Waals surface area contributed by atoms with E-state index in [1.165, 1.54) is 30.3 Å². The standard InChI is InChI=1S/C21H22FNO5S/c1-29(26,27)23-16-10-8-15(9-11-16)19(24)14-28-20(25)21(12-4-5-13-21)17-6-2-3-7-18(17)22/h2-3,6-11,23H,4-5,12-14H2,1H3. The van der Waals surface area contributed by atoms with Crippen molar-refractivity contribution in [1.82, 2.24) is 0 Å². The van der Waals surface area contributed by atoms with E-state index in [2.05, 4.69) is 4.72 Å². The fraction of sp³-hybridized carbons (Fsp3) is 0.333. The molecule has 2 aromatic rings. The van der Waals surface area contributed by atoms with Crippen LogP contribution in [0.3, 0.4) is 0 Å². The minimum atomic E-state index is -3.41. The third kappa shape index (κ3) is 4.82. The van der Waals surface area contributed by atoms with Crippen molar-refractivity contribution in [1.29, 1.82) is 0 Å². The van der Waals surface area contributed by atoms with E-state index < -0.39 is 39.6 Å². The van der Waals surface area contributed by atoms with Crippen LogP contribution in [0.2, 0.25) is 0 Å². The summed E-state index contributed by atoms with van der Waals surface area (Å²) in [4.78, 5) is 25.2. The third-order valence-electron chi connectivity index (χ3n) is 5.08. The fourth-order valence-corrected chi connectivity index (χ4v) is 4.27. The molecule has 154 valence electrons. The first-order chi connectivity index (χ1) is 13.7. The van der Waals surface area contributed by atoms with Gasteiger partial charge < -0.3 is 4.74 Å². The Kier molecular flexibility index (Phi) is 6.02. The summed E-state index contributed by atoms with van der Waals surface area (Å²) >= 11 is 0. The van der Waals surface area contributed by atoms with Gasteiger partial charge in [-0.2, -0.15) is 0 Å². The summed E-state index contributed by atoms with van der Waals surface area (Å²) in [5.74, 6) is -1.47. The molecule has 8 heteroatoms. The molecule has 1 saturated carbocycles. The number of anilines is 1. The van der Waals surface area contributed by atoms with Gasteiger partial charge in [-0.05, 0) is 43.2 Å². The molecule has 0 heterocycles. The molecule has 6 nitrogen and oxygen atoms in total. The van der Waals surface area contributed by atoms with Crippen LogP contribution in [0.25, 0.3) is 0 Å². The largest absolute Gasteiger partial charge is 0.457 e. The van der Waals surface area contributed by atoms with Gasteiger partial charge in [-0.1, -0.05) is 31.0 Å². The van der Waals surface area contributed by atoms with Gasteiger partial charge in [-0.3, -0.25) is 14.3 Å². The smallest absolute Gasteiger partial charge is 0.317 e. The second-order valence-electron chi connectivity index (χ2n) is 7.22. The maximum absolute atomic E-state index is 14.3. The van der Waals surface area contributed by atoms with Crippen LogP contribution in [-0.4, -0.2) is 33.0 Å². The number of carbonyl (C=O) groups excluding carboxylic acids is 2. The van der Waals surface area contributed by atoms with Crippen LogP contribution in [0.5, 0.6) is 0 Å². The zero-order chi connectivity index (χ0) is 21.1. The molecule has 1 aliphatic rings. The maximum Gasteiger partial charge on any atom is 0.317 e. The Labute approximate surface area is 169 Å². The van der Waals surface area contributed by atoms with Gasteiger partial charge in [0.15, 0.2) is 12.4 Å². The van der Waals surface area contributed by atoms with E-state index in [1.807, 2.05) is 0 Å². The summed E-state index contributed by atoms with van der Waals surface area (Å²) in [6.45, 7) is -0.464. The number of Topliss-reactive ketones (excluding diaryl/α,β-unsaturated/α-hetero) is 1. The average molecular weight is 419 g/mol. The molecule has 3 rings (SSSR count). The number of carbonyl (C=O) groups is 2. The Morgan fingerprint density at radius 3 is 2.28 bits per heavy atom. The number of hydrogen-bond donors (Lipinski definition) is 1. The second kappa shape index (κ2) is 8.32. The summed E-state index contributed by atoms with van der Waals surface area (Å²) in [6, 6.07) is 12.0. The molecular weight excluding hydrogens is 397 g/mol.